The van der Waals surface area contributed by atoms with Crippen LogP contribution in [0.3, 0.4) is 0 Å². The smallest absolute Gasteiger partial charge is 0.223 e. The molecule has 1 N–H and O–H groups in total. The van der Waals surface area contributed by atoms with Crippen molar-refractivity contribution >= 4 is 15.7 Å². The summed E-state index contributed by atoms with van der Waals surface area (Å²) in [5.41, 5.74) is 0. The summed E-state index contributed by atoms with van der Waals surface area (Å²) in [4.78, 5) is 13.9. The molecule has 110 valence electrons. The van der Waals surface area contributed by atoms with Gasteiger partial charge >= 0.3 is 0 Å². The number of hydrogen-bond acceptors (Lipinski definition) is 4. The molecule has 0 aromatic heterocycles. The molecule has 0 saturated carbocycles. The summed E-state index contributed by atoms with van der Waals surface area (Å²) < 4.78 is 24.1. The number of sulfone groups is 1. The van der Waals surface area contributed by atoms with E-state index in [-0.39, 0.29) is 35.5 Å². The zero-order chi connectivity index (χ0) is 14.6. The molecule has 1 fully saturated rings. The minimum absolute atomic E-state index is 0.00459. The van der Waals surface area contributed by atoms with Gasteiger partial charge in [0.2, 0.25) is 5.91 Å². The quantitative estimate of drug-likeness (QED) is 0.868. The standard InChI is InChI=1S/C14H19NO4S/c16-11-12-6-8-15(10-12)14(17)7-9-20(18,19)13-4-2-1-3-5-13/h1-5,12,16H,6-11H2. The second kappa shape index (κ2) is 6.37. The topological polar surface area (TPSA) is 74.7 Å². The largest absolute Gasteiger partial charge is 0.396 e. The lowest BCUT2D eigenvalue weighted by molar-refractivity contribution is -0.129. The van der Waals surface area contributed by atoms with Gasteiger partial charge in [-0.15, -0.1) is 0 Å². The maximum absolute atomic E-state index is 12.1. The second-order valence-corrected chi connectivity index (χ2v) is 7.17. The predicted molar refractivity (Wildman–Crippen MR) is 74.9 cm³/mol. The van der Waals surface area contributed by atoms with E-state index in [0.717, 1.165) is 6.42 Å². The molecule has 1 atom stereocenters. The van der Waals surface area contributed by atoms with E-state index < -0.39 is 9.84 Å². The molecule has 1 aliphatic rings. The summed E-state index contributed by atoms with van der Waals surface area (Å²) in [7, 11) is -3.40. The Morgan fingerprint density at radius 1 is 1.30 bits per heavy atom. The fraction of sp³-hybridized carbons (Fsp3) is 0.500. The van der Waals surface area contributed by atoms with Gasteiger partial charge in [0.15, 0.2) is 9.84 Å². The number of aliphatic hydroxyl groups excluding tert-OH is 1. The molecule has 1 aliphatic heterocycles. The lowest BCUT2D eigenvalue weighted by Crippen LogP contribution is -2.30. The molecule has 1 saturated heterocycles. The molecule has 1 unspecified atom stereocenters. The van der Waals surface area contributed by atoms with Crippen molar-refractivity contribution in [3.8, 4) is 0 Å². The summed E-state index contributed by atoms with van der Waals surface area (Å²) >= 11 is 0. The van der Waals surface area contributed by atoms with Crippen LogP contribution in [-0.4, -0.2) is 49.8 Å². The number of carbonyl (C=O) groups excluding carboxylic acids is 1. The maximum Gasteiger partial charge on any atom is 0.223 e. The molecule has 1 aromatic rings. The molecule has 0 bridgehead atoms. The molecule has 2 rings (SSSR count). The molecule has 1 heterocycles. The molecule has 6 heteroatoms. The number of carbonyl (C=O) groups is 1. The van der Waals surface area contributed by atoms with Crippen LogP contribution in [-0.2, 0) is 14.6 Å². The number of benzene rings is 1. The molecule has 0 spiro atoms. The van der Waals surface area contributed by atoms with Crippen molar-refractivity contribution in [1.29, 1.82) is 0 Å². The average Bonchev–Trinajstić information content (AvgIpc) is 2.95. The summed E-state index contributed by atoms with van der Waals surface area (Å²) in [5.74, 6) is -0.194. The van der Waals surface area contributed by atoms with Gasteiger partial charge in [0.25, 0.3) is 0 Å². The summed E-state index contributed by atoms with van der Waals surface area (Å²) in [5, 5.41) is 9.04. The molecular weight excluding hydrogens is 278 g/mol. The van der Waals surface area contributed by atoms with Gasteiger partial charge in [0.1, 0.15) is 0 Å². The number of amides is 1. The Hall–Kier alpha value is -1.40. The van der Waals surface area contributed by atoms with Crippen molar-refractivity contribution in [2.75, 3.05) is 25.4 Å². The van der Waals surface area contributed by atoms with Crippen LogP contribution in [0.15, 0.2) is 35.2 Å². The highest BCUT2D eigenvalue weighted by molar-refractivity contribution is 7.91. The van der Waals surface area contributed by atoms with Crippen molar-refractivity contribution in [3.63, 3.8) is 0 Å². The van der Waals surface area contributed by atoms with E-state index in [1.807, 2.05) is 0 Å². The van der Waals surface area contributed by atoms with Crippen molar-refractivity contribution in [2.24, 2.45) is 5.92 Å². The second-order valence-electron chi connectivity index (χ2n) is 5.06. The molecule has 1 aromatic carbocycles. The fourth-order valence-corrected chi connectivity index (χ4v) is 3.58. The number of likely N-dealkylation sites (tertiary alicyclic amines) is 1. The van der Waals surface area contributed by atoms with Crippen molar-refractivity contribution in [1.82, 2.24) is 4.90 Å². The molecule has 0 radical (unpaired) electrons. The number of rotatable bonds is 5. The Bertz CT molecular complexity index is 556. The first-order chi connectivity index (χ1) is 9.53. The van der Waals surface area contributed by atoms with E-state index >= 15 is 0 Å². The third-order valence-corrected chi connectivity index (χ3v) is 5.32. The lowest BCUT2D eigenvalue weighted by Gasteiger charge is -2.16. The number of aliphatic hydroxyl groups is 1. The van der Waals surface area contributed by atoms with E-state index in [9.17, 15) is 13.2 Å². The zero-order valence-electron chi connectivity index (χ0n) is 11.2. The minimum Gasteiger partial charge on any atom is -0.396 e. The Morgan fingerprint density at radius 2 is 2.00 bits per heavy atom. The SMILES string of the molecule is O=C(CCS(=O)(=O)c1ccccc1)N1CCC(CO)C1. The number of nitrogens with zero attached hydrogens (tertiary/aromatic N) is 1. The molecular formula is C14H19NO4S. The van der Waals surface area contributed by atoms with Crippen LogP contribution < -0.4 is 0 Å². The summed E-state index contributed by atoms with van der Waals surface area (Å²) in [6, 6.07) is 8.17. The van der Waals surface area contributed by atoms with Crippen LogP contribution in [0.25, 0.3) is 0 Å². The van der Waals surface area contributed by atoms with Crippen LogP contribution >= 0.6 is 0 Å². The van der Waals surface area contributed by atoms with Gasteiger partial charge in [-0.3, -0.25) is 4.79 Å². The van der Waals surface area contributed by atoms with Crippen LogP contribution in [0.2, 0.25) is 0 Å². The van der Waals surface area contributed by atoms with Gasteiger partial charge in [0.05, 0.1) is 10.6 Å². The van der Waals surface area contributed by atoms with Gasteiger partial charge in [-0.2, -0.15) is 0 Å². The van der Waals surface area contributed by atoms with Crippen molar-refractivity contribution < 1.29 is 18.3 Å². The monoisotopic (exact) mass is 297 g/mol. The molecule has 0 aliphatic carbocycles. The Balaban J connectivity index is 1.91. The zero-order valence-corrected chi connectivity index (χ0v) is 12.1. The molecule has 1 amide bonds. The van der Waals surface area contributed by atoms with E-state index in [0.29, 0.717) is 13.1 Å². The highest BCUT2D eigenvalue weighted by Crippen LogP contribution is 2.17. The first-order valence-corrected chi connectivity index (χ1v) is 8.34. The lowest BCUT2D eigenvalue weighted by atomic mass is 10.1. The maximum atomic E-state index is 12.1. The van der Waals surface area contributed by atoms with Gasteiger partial charge in [0, 0.05) is 32.0 Å². The fourth-order valence-electron chi connectivity index (χ4n) is 2.33. The molecule has 20 heavy (non-hydrogen) atoms. The third-order valence-electron chi connectivity index (χ3n) is 3.58. The van der Waals surface area contributed by atoms with Crippen LogP contribution in [0.5, 0.6) is 0 Å². The van der Waals surface area contributed by atoms with Gasteiger partial charge in [-0.05, 0) is 18.6 Å². The normalized spacial score (nSPS) is 19.2. The first-order valence-electron chi connectivity index (χ1n) is 6.69. The highest BCUT2D eigenvalue weighted by Gasteiger charge is 2.26. The summed E-state index contributed by atoms with van der Waals surface area (Å²) in [6.07, 6.45) is 0.781. The Labute approximate surface area is 119 Å². The van der Waals surface area contributed by atoms with Crippen molar-refractivity contribution in [3.05, 3.63) is 30.3 Å². The van der Waals surface area contributed by atoms with Gasteiger partial charge < -0.3 is 10.0 Å². The van der Waals surface area contributed by atoms with E-state index in [1.165, 1.54) is 12.1 Å². The minimum atomic E-state index is -3.40. The summed E-state index contributed by atoms with van der Waals surface area (Å²) in [6.45, 7) is 1.21. The van der Waals surface area contributed by atoms with Crippen LogP contribution in [0.4, 0.5) is 0 Å². The van der Waals surface area contributed by atoms with Crippen LogP contribution in [0.1, 0.15) is 12.8 Å². The highest BCUT2D eigenvalue weighted by atomic mass is 32.2. The Morgan fingerprint density at radius 3 is 2.60 bits per heavy atom. The van der Waals surface area contributed by atoms with Gasteiger partial charge in [-0.1, -0.05) is 18.2 Å². The molecule has 5 nitrogen and oxygen atoms in total. The first kappa shape index (κ1) is 15.0. The van der Waals surface area contributed by atoms with Gasteiger partial charge in [-0.25, -0.2) is 8.42 Å². The third kappa shape index (κ3) is 3.58. The van der Waals surface area contributed by atoms with E-state index in [1.54, 1.807) is 23.1 Å². The van der Waals surface area contributed by atoms with E-state index in [2.05, 4.69) is 0 Å². The Kier molecular flexibility index (Phi) is 4.77. The van der Waals surface area contributed by atoms with Crippen molar-refractivity contribution in [2.45, 2.75) is 17.7 Å². The average molecular weight is 297 g/mol. The van der Waals surface area contributed by atoms with Crippen LogP contribution in [0, 0.1) is 5.92 Å². The van der Waals surface area contributed by atoms with E-state index in [4.69, 9.17) is 5.11 Å². The number of hydrogen-bond donors (Lipinski definition) is 1. The predicted octanol–water partition coefficient (Wildman–Crippen LogP) is 0.691.